The van der Waals surface area contributed by atoms with Gasteiger partial charge in [0.15, 0.2) is 0 Å². The van der Waals surface area contributed by atoms with E-state index in [1.54, 1.807) is 4.90 Å². The quantitative estimate of drug-likeness (QED) is 0.712. The first kappa shape index (κ1) is 11.8. The number of hydrogen-bond acceptors (Lipinski definition) is 2. The minimum absolute atomic E-state index is 0.0216. The molecule has 1 heterocycles. The summed E-state index contributed by atoms with van der Waals surface area (Å²) in [5, 5.41) is 8.54. The standard InChI is InChI=1S/C11H17NO3/c1-2-10(13)12-7-5-9(6-8-12)3-4-11(14)15/h2,9H,1,3-8H2,(H,14,15). The van der Waals surface area contributed by atoms with Gasteiger partial charge < -0.3 is 10.0 Å². The molecule has 0 aromatic carbocycles. The van der Waals surface area contributed by atoms with Crippen molar-refractivity contribution in [2.45, 2.75) is 25.7 Å². The fourth-order valence-corrected chi connectivity index (χ4v) is 1.90. The van der Waals surface area contributed by atoms with E-state index in [-0.39, 0.29) is 12.3 Å². The van der Waals surface area contributed by atoms with Gasteiger partial charge in [-0.2, -0.15) is 0 Å². The van der Waals surface area contributed by atoms with Gasteiger partial charge in [-0.3, -0.25) is 9.59 Å². The highest BCUT2D eigenvalue weighted by Gasteiger charge is 2.21. The Bertz CT molecular complexity index is 255. The monoisotopic (exact) mass is 211 g/mol. The minimum atomic E-state index is -0.736. The number of rotatable bonds is 4. The van der Waals surface area contributed by atoms with E-state index in [0.717, 1.165) is 32.4 Å². The van der Waals surface area contributed by atoms with Gasteiger partial charge in [-0.1, -0.05) is 6.58 Å². The van der Waals surface area contributed by atoms with E-state index in [1.165, 1.54) is 6.08 Å². The van der Waals surface area contributed by atoms with Gasteiger partial charge >= 0.3 is 5.97 Å². The summed E-state index contributed by atoms with van der Waals surface area (Å²) in [4.78, 5) is 23.4. The first-order chi connectivity index (χ1) is 7.13. The lowest BCUT2D eigenvalue weighted by Crippen LogP contribution is -2.37. The Morgan fingerprint density at radius 1 is 1.40 bits per heavy atom. The number of carboxylic acids is 1. The fraction of sp³-hybridized carbons (Fsp3) is 0.636. The molecule has 1 aliphatic heterocycles. The summed E-state index contributed by atoms with van der Waals surface area (Å²) in [6.07, 6.45) is 4.11. The fourth-order valence-electron chi connectivity index (χ4n) is 1.90. The lowest BCUT2D eigenvalue weighted by Gasteiger charge is -2.31. The molecule has 0 bridgehead atoms. The van der Waals surface area contributed by atoms with Crippen LogP contribution >= 0.6 is 0 Å². The van der Waals surface area contributed by atoms with Crippen LogP contribution in [-0.2, 0) is 9.59 Å². The van der Waals surface area contributed by atoms with Crippen molar-refractivity contribution in [1.82, 2.24) is 4.90 Å². The predicted octanol–water partition coefficient (Wildman–Crippen LogP) is 1.28. The molecule has 0 aromatic rings. The topological polar surface area (TPSA) is 57.6 Å². The van der Waals surface area contributed by atoms with Gasteiger partial charge in [-0.05, 0) is 31.3 Å². The number of aliphatic carboxylic acids is 1. The molecule has 1 fully saturated rings. The van der Waals surface area contributed by atoms with E-state index in [1.807, 2.05) is 0 Å². The zero-order valence-corrected chi connectivity index (χ0v) is 8.82. The Balaban J connectivity index is 2.26. The molecule has 84 valence electrons. The molecular formula is C11H17NO3. The second-order valence-corrected chi connectivity index (χ2v) is 3.91. The molecule has 1 N–H and O–H groups in total. The van der Waals surface area contributed by atoms with Crippen molar-refractivity contribution in [3.05, 3.63) is 12.7 Å². The zero-order chi connectivity index (χ0) is 11.3. The molecule has 0 radical (unpaired) electrons. The van der Waals surface area contributed by atoms with Crippen molar-refractivity contribution in [2.75, 3.05) is 13.1 Å². The van der Waals surface area contributed by atoms with Gasteiger partial charge in [-0.25, -0.2) is 0 Å². The van der Waals surface area contributed by atoms with E-state index in [2.05, 4.69) is 6.58 Å². The number of amides is 1. The molecule has 1 aliphatic rings. The molecule has 0 atom stereocenters. The summed E-state index contributed by atoms with van der Waals surface area (Å²) >= 11 is 0. The summed E-state index contributed by atoms with van der Waals surface area (Å²) in [5.41, 5.74) is 0. The molecule has 1 amide bonds. The van der Waals surface area contributed by atoms with Crippen LogP contribution in [0.2, 0.25) is 0 Å². The number of likely N-dealkylation sites (tertiary alicyclic amines) is 1. The molecular weight excluding hydrogens is 194 g/mol. The van der Waals surface area contributed by atoms with Crippen LogP contribution in [0.15, 0.2) is 12.7 Å². The van der Waals surface area contributed by atoms with Crippen LogP contribution in [-0.4, -0.2) is 35.0 Å². The van der Waals surface area contributed by atoms with E-state index >= 15 is 0 Å². The van der Waals surface area contributed by atoms with Gasteiger partial charge in [0.25, 0.3) is 0 Å². The minimum Gasteiger partial charge on any atom is -0.481 e. The Morgan fingerprint density at radius 3 is 2.47 bits per heavy atom. The van der Waals surface area contributed by atoms with Crippen molar-refractivity contribution in [3.8, 4) is 0 Å². The lowest BCUT2D eigenvalue weighted by molar-refractivity contribution is -0.137. The maximum atomic E-state index is 11.3. The molecule has 1 rings (SSSR count). The van der Waals surface area contributed by atoms with Crippen molar-refractivity contribution in [3.63, 3.8) is 0 Å². The van der Waals surface area contributed by atoms with Gasteiger partial charge in [0.05, 0.1) is 0 Å². The molecule has 0 unspecified atom stereocenters. The van der Waals surface area contributed by atoms with Gasteiger partial charge in [0.1, 0.15) is 0 Å². The second-order valence-electron chi connectivity index (χ2n) is 3.91. The average Bonchev–Trinajstić information content (AvgIpc) is 2.26. The molecule has 4 nitrogen and oxygen atoms in total. The van der Waals surface area contributed by atoms with Crippen molar-refractivity contribution >= 4 is 11.9 Å². The van der Waals surface area contributed by atoms with E-state index < -0.39 is 5.97 Å². The summed E-state index contributed by atoms with van der Waals surface area (Å²) in [6, 6.07) is 0. The molecule has 0 saturated carbocycles. The maximum Gasteiger partial charge on any atom is 0.303 e. The third-order valence-electron chi connectivity index (χ3n) is 2.87. The molecule has 0 aliphatic carbocycles. The van der Waals surface area contributed by atoms with Gasteiger partial charge in [-0.15, -0.1) is 0 Å². The summed E-state index contributed by atoms with van der Waals surface area (Å²) in [7, 11) is 0. The number of carboxylic acid groups (broad SMARTS) is 1. The maximum absolute atomic E-state index is 11.3. The molecule has 0 aromatic heterocycles. The van der Waals surface area contributed by atoms with Crippen molar-refractivity contribution < 1.29 is 14.7 Å². The summed E-state index contributed by atoms with van der Waals surface area (Å²) in [5.74, 6) is -0.304. The van der Waals surface area contributed by atoms with Crippen LogP contribution in [0.4, 0.5) is 0 Å². The number of piperidine rings is 1. The van der Waals surface area contributed by atoms with Crippen molar-refractivity contribution in [1.29, 1.82) is 0 Å². The molecule has 0 spiro atoms. The number of hydrogen-bond donors (Lipinski definition) is 1. The normalized spacial score (nSPS) is 17.5. The Kier molecular flexibility index (Phi) is 4.34. The summed E-state index contributed by atoms with van der Waals surface area (Å²) in [6.45, 7) is 4.91. The first-order valence-corrected chi connectivity index (χ1v) is 5.26. The average molecular weight is 211 g/mol. The van der Waals surface area contributed by atoms with Crippen LogP contribution in [0.5, 0.6) is 0 Å². The number of nitrogens with zero attached hydrogens (tertiary/aromatic N) is 1. The Labute approximate surface area is 89.6 Å². The second kappa shape index (κ2) is 5.53. The highest BCUT2D eigenvalue weighted by Crippen LogP contribution is 2.21. The van der Waals surface area contributed by atoms with E-state index in [9.17, 15) is 9.59 Å². The van der Waals surface area contributed by atoms with E-state index in [0.29, 0.717) is 5.92 Å². The molecule has 4 heteroatoms. The summed E-state index contributed by atoms with van der Waals surface area (Å²) < 4.78 is 0. The van der Waals surface area contributed by atoms with Crippen LogP contribution in [0.1, 0.15) is 25.7 Å². The number of carbonyl (C=O) groups is 2. The van der Waals surface area contributed by atoms with Crippen molar-refractivity contribution in [2.24, 2.45) is 5.92 Å². The lowest BCUT2D eigenvalue weighted by atomic mass is 9.92. The van der Waals surface area contributed by atoms with Crippen LogP contribution in [0, 0.1) is 5.92 Å². The Hall–Kier alpha value is -1.32. The molecule has 1 saturated heterocycles. The van der Waals surface area contributed by atoms with Crippen LogP contribution < -0.4 is 0 Å². The SMILES string of the molecule is C=CC(=O)N1CCC(CCC(=O)O)CC1. The van der Waals surface area contributed by atoms with E-state index in [4.69, 9.17) is 5.11 Å². The highest BCUT2D eigenvalue weighted by atomic mass is 16.4. The predicted molar refractivity (Wildman–Crippen MR) is 56.4 cm³/mol. The van der Waals surface area contributed by atoms with Gasteiger partial charge in [0.2, 0.25) is 5.91 Å². The largest absolute Gasteiger partial charge is 0.481 e. The molecule has 15 heavy (non-hydrogen) atoms. The smallest absolute Gasteiger partial charge is 0.303 e. The van der Waals surface area contributed by atoms with Crippen LogP contribution in [0.25, 0.3) is 0 Å². The third kappa shape index (κ3) is 3.73. The number of carbonyl (C=O) groups excluding carboxylic acids is 1. The Morgan fingerprint density at radius 2 is 2.00 bits per heavy atom. The van der Waals surface area contributed by atoms with Gasteiger partial charge in [0, 0.05) is 19.5 Å². The first-order valence-electron chi connectivity index (χ1n) is 5.26. The zero-order valence-electron chi connectivity index (χ0n) is 8.82. The third-order valence-corrected chi connectivity index (χ3v) is 2.87. The van der Waals surface area contributed by atoms with Crippen LogP contribution in [0.3, 0.4) is 0 Å². The highest BCUT2D eigenvalue weighted by molar-refractivity contribution is 5.87.